The molecule has 112 valence electrons. The van der Waals surface area contributed by atoms with Gasteiger partial charge in [0, 0.05) is 24.7 Å². The zero-order valence-electron chi connectivity index (χ0n) is 12.0. The van der Waals surface area contributed by atoms with Crippen LogP contribution >= 0.6 is 12.4 Å². The Morgan fingerprint density at radius 3 is 2.80 bits per heavy atom. The average molecular weight is 299 g/mol. The van der Waals surface area contributed by atoms with E-state index in [1.54, 1.807) is 7.11 Å². The summed E-state index contributed by atoms with van der Waals surface area (Å²) in [7, 11) is 1.63. The summed E-state index contributed by atoms with van der Waals surface area (Å²) in [6, 6.07) is 7.83. The van der Waals surface area contributed by atoms with E-state index in [4.69, 9.17) is 10.5 Å². The molecule has 20 heavy (non-hydrogen) atoms. The van der Waals surface area contributed by atoms with Crippen LogP contribution in [0.25, 0.3) is 0 Å². The maximum absolute atomic E-state index is 12.3. The molecule has 1 heterocycles. The fourth-order valence-corrected chi connectivity index (χ4v) is 2.57. The summed E-state index contributed by atoms with van der Waals surface area (Å²) in [5.74, 6) is 1.37. The van der Waals surface area contributed by atoms with Gasteiger partial charge in [0.25, 0.3) is 0 Å². The van der Waals surface area contributed by atoms with Crippen molar-refractivity contribution in [2.75, 3.05) is 20.2 Å². The van der Waals surface area contributed by atoms with E-state index in [2.05, 4.69) is 0 Å². The monoisotopic (exact) mass is 298 g/mol. The summed E-state index contributed by atoms with van der Waals surface area (Å²) < 4.78 is 5.28. The van der Waals surface area contributed by atoms with Crippen LogP contribution in [0.1, 0.15) is 18.9 Å². The maximum atomic E-state index is 12.3. The van der Waals surface area contributed by atoms with Gasteiger partial charge in [-0.25, -0.2) is 0 Å². The minimum atomic E-state index is 0. The van der Waals surface area contributed by atoms with Gasteiger partial charge in [0.1, 0.15) is 5.75 Å². The molecule has 0 saturated carbocycles. The predicted octanol–water partition coefficient (Wildman–Crippen LogP) is 1.86. The molecule has 2 unspecified atom stereocenters. The van der Waals surface area contributed by atoms with Crippen LogP contribution in [0.5, 0.6) is 5.75 Å². The number of carbonyl (C=O) groups is 1. The number of likely N-dealkylation sites (tertiary alicyclic amines) is 1. The number of carbonyl (C=O) groups excluding carboxylic acids is 1. The number of hydrogen-bond acceptors (Lipinski definition) is 3. The highest BCUT2D eigenvalue weighted by molar-refractivity contribution is 5.85. The number of rotatable bonds is 4. The summed E-state index contributed by atoms with van der Waals surface area (Å²) in [5, 5.41) is 0. The number of nitrogens with zero attached hydrogens (tertiary/aromatic N) is 1. The van der Waals surface area contributed by atoms with Crippen LogP contribution in [0.15, 0.2) is 24.3 Å². The lowest BCUT2D eigenvalue weighted by Gasteiger charge is -2.18. The predicted molar refractivity (Wildman–Crippen MR) is 82.3 cm³/mol. The van der Waals surface area contributed by atoms with Gasteiger partial charge in [0.15, 0.2) is 0 Å². The number of nitrogens with two attached hydrogens (primary N) is 1. The minimum absolute atomic E-state index is 0. The number of ether oxygens (including phenoxy) is 1. The molecule has 2 rings (SSSR count). The molecule has 1 saturated heterocycles. The summed E-state index contributed by atoms with van der Waals surface area (Å²) in [6.07, 6.45) is 1.41. The van der Waals surface area contributed by atoms with Crippen LogP contribution in [-0.4, -0.2) is 37.0 Å². The normalized spacial score (nSPS) is 19.4. The van der Waals surface area contributed by atoms with Crippen molar-refractivity contribution < 1.29 is 9.53 Å². The Morgan fingerprint density at radius 1 is 1.50 bits per heavy atom. The van der Waals surface area contributed by atoms with Crippen molar-refractivity contribution in [3.8, 4) is 5.75 Å². The van der Waals surface area contributed by atoms with Crippen LogP contribution in [-0.2, 0) is 11.2 Å². The average Bonchev–Trinajstić information content (AvgIpc) is 2.89. The zero-order chi connectivity index (χ0) is 13.8. The van der Waals surface area contributed by atoms with E-state index in [0.717, 1.165) is 30.8 Å². The van der Waals surface area contributed by atoms with E-state index in [1.807, 2.05) is 36.1 Å². The van der Waals surface area contributed by atoms with Crippen molar-refractivity contribution in [2.45, 2.75) is 25.8 Å². The van der Waals surface area contributed by atoms with E-state index in [0.29, 0.717) is 12.3 Å². The topological polar surface area (TPSA) is 55.6 Å². The Morgan fingerprint density at radius 2 is 2.20 bits per heavy atom. The second kappa shape index (κ2) is 7.50. The Bertz CT molecular complexity index is 451. The third-order valence-electron chi connectivity index (χ3n) is 3.86. The Hall–Kier alpha value is -1.26. The Balaban J connectivity index is 0.00000200. The van der Waals surface area contributed by atoms with E-state index >= 15 is 0 Å². The lowest BCUT2D eigenvalue weighted by Crippen LogP contribution is -2.33. The van der Waals surface area contributed by atoms with Crippen molar-refractivity contribution in [2.24, 2.45) is 11.7 Å². The molecule has 5 heteroatoms. The smallest absolute Gasteiger partial charge is 0.227 e. The van der Waals surface area contributed by atoms with Crippen LogP contribution in [0.4, 0.5) is 0 Å². The standard InChI is InChI=1S/C15H22N2O2.ClH/c1-11(16)13-7-8-17(10-13)15(18)9-12-5-3-4-6-14(12)19-2;/h3-6,11,13H,7-10,16H2,1-2H3;1H. The molecule has 4 nitrogen and oxygen atoms in total. The van der Waals surface area contributed by atoms with Gasteiger partial charge >= 0.3 is 0 Å². The molecule has 0 radical (unpaired) electrons. The lowest BCUT2D eigenvalue weighted by atomic mass is 10.0. The molecule has 1 aliphatic heterocycles. The molecule has 1 amide bonds. The summed E-state index contributed by atoms with van der Waals surface area (Å²) in [4.78, 5) is 14.2. The molecule has 0 aromatic heterocycles. The van der Waals surface area contributed by atoms with Crippen LogP contribution in [0, 0.1) is 5.92 Å². The fourth-order valence-electron chi connectivity index (χ4n) is 2.57. The second-order valence-electron chi connectivity index (χ2n) is 5.24. The third kappa shape index (κ3) is 3.87. The molecule has 1 fully saturated rings. The Kier molecular flexibility index (Phi) is 6.30. The van der Waals surface area contributed by atoms with Crippen molar-refractivity contribution in [3.05, 3.63) is 29.8 Å². The molecule has 0 bridgehead atoms. The molecule has 2 N–H and O–H groups in total. The van der Waals surface area contributed by atoms with Gasteiger partial charge in [-0.3, -0.25) is 4.79 Å². The quantitative estimate of drug-likeness (QED) is 0.923. The SMILES string of the molecule is COc1ccccc1CC(=O)N1CCC(C(C)N)C1.Cl. The van der Waals surface area contributed by atoms with Crippen LogP contribution in [0.3, 0.4) is 0 Å². The van der Waals surface area contributed by atoms with E-state index in [9.17, 15) is 4.79 Å². The fraction of sp³-hybridized carbons (Fsp3) is 0.533. The minimum Gasteiger partial charge on any atom is -0.496 e. The summed E-state index contributed by atoms with van der Waals surface area (Å²) >= 11 is 0. The number of halogens is 1. The van der Waals surface area contributed by atoms with Crippen LogP contribution in [0.2, 0.25) is 0 Å². The second-order valence-corrected chi connectivity index (χ2v) is 5.24. The van der Waals surface area contributed by atoms with Gasteiger partial charge in [-0.1, -0.05) is 18.2 Å². The van der Waals surface area contributed by atoms with E-state index in [1.165, 1.54) is 0 Å². The van der Waals surface area contributed by atoms with Crippen molar-refractivity contribution in [1.29, 1.82) is 0 Å². The van der Waals surface area contributed by atoms with Gasteiger partial charge in [-0.15, -0.1) is 12.4 Å². The van der Waals surface area contributed by atoms with Gasteiger partial charge < -0.3 is 15.4 Å². The van der Waals surface area contributed by atoms with Crippen molar-refractivity contribution in [1.82, 2.24) is 4.90 Å². The first kappa shape index (κ1) is 16.8. The lowest BCUT2D eigenvalue weighted by molar-refractivity contribution is -0.129. The molecule has 0 spiro atoms. The largest absolute Gasteiger partial charge is 0.496 e. The maximum Gasteiger partial charge on any atom is 0.227 e. The van der Waals surface area contributed by atoms with Gasteiger partial charge in [0.2, 0.25) is 5.91 Å². The van der Waals surface area contributed by atoms with Gasteiger partial charge in [0.05, 0.1) is 13.5 Å². The Labute approximate surface area is 126 Å². The van der Waals surface area contributed by atoms with Crippen molar-refractivity contribution >= 4 is 18.3 Å². The molecule has 2 atom stereocenters. The first-order valence-corrected chi connectivity index (χ1v) is 6.77. The van der Waals surface area contributed by atoms with Crippen molar-refractivity contribution in [3.63, 3.8) is 0 Å². The number of amides is 1. The highest BCUT2D eigenvalue weighted by atomic mass is 35.5. The van der Waals surface area contributed by atoms with Crippen LogP contribution < -0.4 is 10.5 Å². The number of hydrogen-bond donors (Lipinski definition) is 1. The van der Waals surface area contributed by atoms with Gasteiger partial charge in [-0.05, 0) is 25.3 Å². The van der Waals surface area contributed by atoms with E-state index < -0.39 is 0 Å². The first-order chi connectivity index (χ1) is 9.11. The molecular weight excluding hydrogens is 276 g/mol. The highest BCUT2D eigenvalue weighted by Crippen LogP contribution is 2.22. The molecular formula is C15H23ClN2O2. The molecule has 1 aromatic rings. The summed E-state index contributed by atoms with van der Waals surface area (Å²) in [5.41, 5.74) is 6.84. The number of methoxy groups -OCH3 is 1. The third-order valence-corrected chi connectivity index (χ3v) is 3.86. The van der Waals surface area contributed by atoms with Gasteiger partial charge in [-0.2, -0.15) is 0 Å². The number of para-hydroxylation sites is 1. The highest BCUT2D eigenvalue weighted by Gasteiger charge is 2.28. The molecule has 0 aliphatic carbocycles. The zero-order valence-corrected chi connectivity index (χ0v) is 12.9. The van der Waals surface area contributed by atoms with E-state index in [-0.39, 0.29) is 24.4 Å². The molecule has 1 aliphatic rings. The summed E-state index contributed by atoms with van der Waals surface area (Å²) in [6.45, 7) is 3.62. The number of benzene rings is 1. The first-order valence-electron chi connectivity index (χ1n) is 6.77. The molecule has 1 aromatic carbocycles.